The fourth-order valence-corrected chi connectivity index (χ4v) is 5.05. The van der Waals surface area contributed by atoms with Gasteiger partial charge in [0.25, 0.3) is 11.8 Å². The second kappa shape index (κ2) is 9.15. The number of amides is 2. The van der Waals surface area contributed by atoms with Crippen molar-refractivity contribution in [3.63, 3.8) is 0 Å². The Kier molecular flexibility index (Phi) is 6.15. The molecule has 2 amide bonds. The van der Waals surface area contributed by atoms with Gasteiger partial charge in [0, 0.05) is 23.5 Å². The first-order chi connectivity index (χ1) is 15.1. The van der Waals surface area contributed by atoms with Gasteiger partial charge in [0.1, 0.15) is 5.00 Å². The Hall–Kier alpha value is -3.43. The molecule has 0 atom stereocenters. The van der Waals surface area contributed by atoms with Crippen molar-refractivity contribution in [2.75, 3.05) is 18.4 Å². The molecule has 2 aromatic carbocycles. The molecular weight excluding hydrogens is 406 g/mol. The highest BCUT2D eigenvalue weighted by Crippen LogP contribution is 2.41. The second-order valence-corrected chi connectivity index (χ2v) is 8.64. The van der Waals surface area contributed by atoms with Gasteiger partial charge in [0.2, 0.25) is 0 Å². The molecule has 4 rings (SSSR count). The van der Waals surface area contributed by atoms with Crippen molar-refractivity contribution in [3.05, 3.63) is 76.9 Å². The minimum atomic E-state index is -0.293. The summed E-state index contributed by atoms with van der Waals surface area (Å²) < 4.78 is 0. The van der Waals surface area contributed by atoms with E-state index in [4.69, 9.17) is 5.26 Å². The van der Waals surface area contributed by atoms with Gasteiger partial charge < -0.3 is 10.2 Å². The fraction of sp³-hybridized carbons (Fsp3) is 0.240. The van der Waals surface area contributed by atoms with E-state index in [1.807, 2.05) is 42.2 Å². The van der Waals surface area contributed by atoms with Crippen LogP contribution in [0.15, 0.2) is 54.6 Å². The molecule has 1 aromatic heterocycles. The summed E-state index contributed by atoms with van der Waals surface area (Å²) in [5.41, 5.74) is 3.43. The number of piperidine rings is 1. The van der Waals surface area contributed by atoms with Crippen molar-refractivity contribution in [2.45, 2.75) is 26.2 Å². The molecule has 31 heavy (non-hydrogen) atoms. The van der Waals surface area contributed by atoms with Crippen LogP contribution in [0.25, 0.3) is 10.4 Å². The minimum absolute atomic E-state index is 0.0224. The fourth-order valence-electron chi connectivity index (χ4n) is 3.85. The molecular formula is C25H23N3O2S. The van der Waals surface area contributed by atoms with Crippen LogP contribution >= 0.6 is 11.3 Å². The van der Waals surface area contributed by atoms with E-state index in [1.165, 1.54) is 11.3 Å². The van der Waals surface area contributed by atoms with E-state index >= 15 is 0 Å². The third-order valence-electron chi connectivity index (χ3n) is 5.54. The average Bonchev–Trinajstić information content (AvgIpc) is 3.15. The first-order valence-corrected chi connectivity index (χ1v) is 11.2. The highest BCUT2D eigenvalue weighted by molar-refractivity contribution is 7.20. The molecule has 0 aliphatic carbocycles. The summed E-state index contributed by atoms with van der Waals surface area (Å²) in [7, 11) is 0. The molecule has 0 spiro atoms. The smallest absolute Gasteiger partial charge is 0.257 e. The van der Waals surface area contributed by atoms with E-state index in [-0.39, 0.29) is 11.8 Å². The summed E-state index contributed by atoms with van der Waals surface area (Å²) in [6, 6.07) is 18.5. The maximum atomic E-state index is 13.4. The predicted octanol–water partition coefficient (Wildman–Crippen LogP) is 5.47. The molecule has 1 aliphatic rings. The van der Waals surface area contributed by atoms with Crippen molar-refractivity contribution < 1.29 is 9.59 Å². The molecule has 2 heterocycles. The largest absolute Gasteiger partial charge is 0.339 e. The molecule has 6 heteroatoms. The van der Waals surface area contributed by atoms with Gasteiger partial charge in [-0.1, -0.05) is 30.3 Å². The van der Waals surface area contributed by atoms with Crippen LogP contribution in [0, 0.1) is 18.3 Å². The van der Waals surface area contributed by atoms with Crippen molar-refractivity contribution in [2.24, 2.45) is 0 Å². The molecule has 3 aromatic rings. The van der Waals surface area contributed by atoms with Gasteiger partial charge in [-0.3, -0.25) is 9.59 Å². The molecule has 0 saturated carbocycles. The van der Waals surface area contributed by atoms with E-state index < -0.39 is 0 Å². The topological polar surface area (TPSA) is 73.2 Å². The van der Waals surface area contributed by atoms with Gasteiger partial charge in [-0.15, -0.1) is 11.3 Å². The van der Waals surface area contributed by atoms with Gasteiger partial charge >= 0.3 is 0 Å². The molecule has 0 bridgehead atoms. The normalized spacial score (nSPS) is 13.5. The quantitative estimate of drug-likeness (QED) is 0.597. The third-order valence-corrected chi connectivity index (χ3v) is 6.80. The standard InChI is InChI=1S/C25H23N3O2S/c1-17-21(25(30)28-14-6-3-7-15-28)24(31-22(17)19-8-4-2-5-9-19)27-23(29)20-12-10-18(16-26)11-13-20/h2,4-5,8-13H,3,6-7,14-15H2,1H3,(H,27,29). The van der Waals surface area contributed by atoms with E-state index in [2.05, 4.69) is 11.4 Å². The van der Waals surface area contributed by atoms with Crippen molar-refractivity contribution in [3.8, 4) is 16.5 Å². The van der Waals surface area contributed by atoms with Gasteiger partial charge in [0.15, 0.2) is 0 Å². The van der Waals surface area contributed by atoms with Crippen LogP contribution < -0.4 is 5.32 Å². The number of nitrogens with zero attached hydrogens (tertiary/aromatic N) is 2. The number of carbonyl (C=O) groups is 2. The number of benzene rings is 2. The lowest BCUT2D eigenvalue weighted by atomic mass is 10.0. The van der Waals surface area contributed by atoms with Crippen LogP contribution in [0.4, 0.5) is 5.00 Å². The van der Waals surface area contributed by atoms with E-state index in [9.17, 15) is 9.59 Å². The van der Waals surface area contributed by atoms with Crippen LogP contribution in [0.1, 0.15) is 51.1 Å². The number of nitriles is 1. The highest BCUT2D eigenvalue weighted by Gasteiger charge is 2.27. The first-order valence-electron chi connectivity index (χ1n) is 10.4. The molecule has 1 saturated heterocycles. The molecule has 0 unspecified atom stereocenters. The summed E-state index contributed by atoms with van der Waals surface area (Å²) in [5, 5.41) is 12.5. The summed E-state index contributed by atoms with van der Waals surface area (Å²) in [5.74, 6) is -0.316. The Morgan fingerprint density at radius 2 is 1.68 bits per heavy atom. The number of nitrogens with one attached hydrogen (secondary N) is 1. The number of hydrogen-bond acceptors (Lipinski definition) is 4. The Morgan fingerprint density at radius 1 is 1.00 bits per heavy atom. The Morgan fingerprint density at radius 3 is 2.32 bits per heavy atom. The molecule has 1 N–H and O–H groups in total. The predicted molar refractivity (Wildman–Crippen MR) is 123 cm³/mol. The monoisotopic (exact) mass is 429 g/mol. The average molecular weight is 430 g/mol. The zero-order valence-electron chi connectivity index (χ0n) is 17.4. The molecule has 1 aliphatic heterocycles. The van der Waals surface area contributed by atoms with E-state index in [0.717, 1.165) is 48.4 Å². The number of anilines is 1. The zero-order chi connectivity index (χ0) is 21.8. The summed E-state index contributed by atoms with van der Waals surface area (Å²) in [6.07, 6.45) is 3.16. The lowest BCUT2D eigenvalue weighted by Crippen LogP contribution is -2.36. The number of carbonyl (C=O) groups excluding carboxylic acids is 2. The number of likely N-dealkylation sites (tertiary alicyclic amines) is 1. The minimum Gasteiger partial charge on any atom is -0.339 e. The van der Waals surface area contributed by atoms with Crippen LogP contribution in [-0.2, 0) is 0 Å². The number of rotatable bonds is 4. The van der Waals surface area contributed by atoms with Gasteiger partial charge in [0.05, 0.1) is 17.2 Å². The maximum absolute atomic E-state index is 13.4. The summed E-state index contributed by atoms with van der Waals surface area (Å²) >= 11 is 1.43. The van der Waals surface area contributed by atoms with E-state index in [1.54, 1.807) is 24.3 Å². The van der Waals surface area contributed by atoms with Crippen LogP contribution in [-0.4, -0.2) is 29.8 Å². The highest BCUT2D eigenvalue weighted by atomic mass is 32.1. The van der Waals surface area contributed by atoms with Crippen molar-refractivity contribution in [1.29, 1.82) is 5.26 Å². The SMILES string of the molecule is Cc1c(-c2ccccc2)sc(NC(=O)c2ccc(C#N)cc2)c1C(=O)N1CCCCC1. The molecule has 1 fully saturated rings. The van der Waals surface area contributed by atoms with Gasteiger partial charge in [-0.25, -0.2) is 0 Å². The van der Waals surface area contributed by atoms with Crippen LogP contribution in [0.3, 0.4) is 0 Å². The van der Waals surface area contributed by atoms with Crippen molar-refractivity contribution >= 4 is 28.2 Å². The summed E-state index contributed by atoms with van der Waals surface area (Å²) in [6.45, 7) is 3.45. The van der Waals surface area contributed by atoms with E-state index in [0.29, 0.717) is 21.7 Å². The first kappa shape index (κ1) is 20.8. The molecule has 0 radical (unpaired) electrons. The lowest BCUT2D eigenvalue weighted by Gasteiger charge is -2.27. The third kappa shape index (κ3) is 4.37. The Labute approximate surface area is 185 Å². The number of hydrogen-bond donors (Lipinski definition) is 1. The van der Waals surface area contributed by atoms with Gasteiger partial charge in [-0.05, 0) is 61.6 Å². The zero-order valence-corrected chi connectivity index (χ0v) is 18.2. The molecule has 5 nitrogen and oxygen atoms in total. The number of thiophene rings is 1. The summed E-state index contributed by atoms with van der Waals surface area (Å²) in [4.78, 5) is 29.2. The maximum Gasteiger partial charge on any atom is 0.257 e. The van der Waals surface area contributed by atoms with Crippen LogP contribution in [0.5, 0.6) is 0 Å². The Bertz CT molecular complexity index is 1140. The lowest BCUT2D eigenvalue weighted by molar-refractivity contribution is 0.0725. The second-order valence-electron chi connectivity index (χ2n) is 7.62. The molecule has 156 valence electrons. The van der Waals surface area contributed by atoms with Crippen molar-refractivity contribution in [1.82, 2.24) is 4.90 Å². The van der Waals surface area contributed by atoms with Crippen LogP contribution in [0.2, 0.25) is 0 Å². The Balaban J connectivity index is 1.71. The van der Waals surface area contributed by atoms with Gasteiger partial charge in [-0.2, -0.15) is 5.26 Å².